The van der Waals surface area contributed by atoms with Gasteiger partial charge in [-0.1, -0.05) is 29.8 Å². The van der Waals surface area contributed by atoms with Crippen molar-refractivity contribution < 1.29 is 31.9 Å². The fourth-order valence-electron chi connectivity index (χ4n) is 4.39. The number of amides is 2. The molecule has 244 valence electrons. The summed E-state index contributed by atoms with van der Waals surface area (Å²) in [7, 11) is 18.3. The summed E-state index contributed by atoms with van der Waals surface area (Å²) < 4.78 is 61.2. The molecule has 2 aromatic carbocycles. The van der Waals surface area contributed by atoms with E-state index in [1.807, 2.05) is 5.32 Å². The van der Waals surface area contributed by atoms with Crippen molar-refractivity contribution in [3.8, 4) is 11.1 Å². The number of halogens is 5. The Morgan fingerprint density at radius 2 is 1.92 bits per heavy atom. The molecule has 1 heterocycles. The lowest BCUT2D eigenvalue weighted by Crippen LogP contribution is -2.46. The number of carbonyl (C=O) groups is 2. The summed E-state index contributed by atoms with van der Waals surface area (Å²) >= 11 is 6.24. The second-order valence-corrected chi connectivity index (χ2v) is 10.8. The van der Waals surface area contributed by atoms with Gasteiger partial charge in [0.05, 0.1) is 46.5 Å². The summed E-state index contributed by atoms with van der Waals surface area (Å²) in [5, 5.41) is 7.94. The molecule has 1 fully saturated rings. The highest BCUT2D eigenvalue weighted by molar-refractivity contribution is 6.56. The number of hydrazone groups is 1. The zero-order chi connectivity index (χ0) is 35.4. The summed E-state index contributed by atoms with van der Waals surface area (Å²) in [6.45, 7) is -0.715. The zero-order valence-corrected chi connectivity index (χ0v) is 25.9. The number of rotatable bonds is 12. The molecule has 1 aliphatic rings. The summed E-state index contributed by atoms with van der Waals surface area (Å²) in [6, 6.07) is 7.05. The Labute approximate surface area is 281 Å². The molecule has 20 heteroatoms. The van der Waals surface area contributed by atoms with Crippen molar-refractivity contribution >= 4 is 71.8 Å². The minimum atomic E-state index is -3.20. The van der Waals surface area contributed by atoms with Crippen molar-refractivity contribution in [3.05, 3.63) is 71.0 Å². The normalized spacial score (nSPS) is 16.4. The van der Waals surface area contributed by atoms with E-state index in [4.69, 9.17) is 45.6 Å². The number of nitrogens with one attached hydrogen (secondary N) is 1. The third-order valence-electron chi connectivity index (χ3n) is 6.99. The Hall–Kier alpha value is -4.80. The largest absolute Gasteiger partial charge is 0.447 e. The van der Waals surface area contributed by atoms with Crippen LogP contribution < -0.4 is 16.1 Å². The van der Waals surface area contributed by atoms with Crippen LogP contribution >= 0.6 is 11.6 Å². The van der Waals surface area contributed by atoms with Gasteiger partial charge in [-0.15, -0.1) is 0 Å². The predicted molar refractivity (Wildman–Crippen MR) is 175 cm³/mol. The summed E-state index contributed by atoms with van der Waals surface area (Å²) in [6.07, 6.45) is 1.93. The number of aliphatic imine (C=N–C) groups is 2. The third kappa shape index (κ3) is 8.37. The van der Waals surface area contributed by atoms with Crippen molar-refractivity contribution in [1.82, 2.24) is 20.0 Å². The van der Waals surface area contributed by atoms with E-state index in [1.165, 1.54) is 43.7 Å². The van der Waals surface area contributed by atoms with Gasteiger partial charge < -0.3 is 15.8 Å². The first kappa shape index (κ1) is 36.0. The molecule has 1 aromatic heterocycles. The van der Waals surface area contributed by atoms with Crippen LogP contribution in [0, 0.1) is 0 Å². The molecule has 12 nitrogen and oxygen atoms in total. The van der Waals surface area contributed by atoms with E-state index in [1.54, 1.807) is 12.1 Å². The minimum Gasteiger partial charge on any atom is -0.447 e. The van der Waals surface area contributed by atoms with Crippen LogP contribution in [0.1, 0.15) is 28.4 Å². The number of nitrogens with two attached hydrogens (primary N) is 1. The lowest BCUT2D eigenvalue weighted by Gasteiger charge is -2.32. The molecule has 0 unspecified atom stereocenters. The second-order valence-electron chi connectivity index (χ2n) is 10.4. The Morgan fingerprint density at radius 1 is 1.25 bits per heavy atom. The standard InChI is InChI=1S/C28H25B3ClF4N9O3/c1-38-14-41-45(24(33)34)20-9-17(7-8-19(20)32)21(13-48-26(47)42-22-10-27(22,35)36)44(25(37)39-2)23(46)16-5-3-15(4-6-16)18-11-40-43(12-18)28(29,30)31/h3-9,11-12,14,21-22,24H,1,10,13H2,2H3,(H2,37,39)(H,42,47)/b41-14-/t21-,22+/m1/s1. The van der Waals surface area contributed by atoms with Gasteiger partial charge >= 0.3 is 12.6 Å². The number of alkyl halides is 4. The molecule has 1 aliphatic carbocycles. The number of hydrogen-bond donors (Lipinski definition) is 2. The predicted octanol–water partition coefficient (Wildman–Crippen LogP) is 3.21. The van der Waals surface area contributed by atoms with E-state index < -0.39 is 54.8 Å². The van der Waals surface area contributed by atoms with E-state index >= 15 is 0 Å². The van der Waals surface area contributed by atoms with Crippen LogP contribution in [-0.4, -0.2) is 101 Å². The van der Waals surface area contributed by atoms with Crippen molar-refractivity contribution in [2.75, 3.05) is 18.7 Å². The quantitative estimate of drug-likeness (QED) is 0.0752. The van der Waals surface area contributed by atoms with Gasteiger partial charge in [0.15, 0.2) is 5.96 Å². The molecule has 2 atom stereocenters. The minimum absolute atomic E-state index is 0.0701. The molecule has 0 saturated heterocycles. The van der Waals surface area contributed by atoms with E-state index in [9.17, 15) is 27.2 Å². The number of anilines is 1. The Balaban J connectivity index is 1.73. The summed E-state index contributed by atoms with van der Waals surface area (Å²) in [4.78, 5) is 34.7. The molecule has 3 N–H and O–H groups in total. The molecule has 48 heavy (non-hydrogen) atoms. The Kier molecular flexibility index (Phi) is 10.9. The first-order valence-corrected chi connectivity index (χ1v) is 14.2. The molecule has 0 aliphatic heterocycles. The molecule has 0 bridgehead atoms. The van der Waals surface area contributed by atoms with Crippen molar-refractivity contribution in [2.45, 2.75) is 36.2 Å². The highest BCUT2D eigenvalue weighted by Gasteiger charge is 2.58. The van der Waals surface area contributed by atoms with Crippen LogP contribution in [0.5, 0.6) is 0 Å². The van der Waals surface area contributed by atoms with Crippen molar-refractivity contribution in [1.29, 1.82) is 0 Å². The number of benzene rings is 2. The summed E-state index contributed by atoms with van der Waals surface area (Å²) in [5.41, 5.74) is 7.17. The van der Waals surface area contributed by atoms with E-state index in [0.717, 1.165) is 22.0 Å². The number of hydrogen-bond acceptors (Lipinski definition) is 7. The van der Waals surface area contributed by atoms with Gasteiger partial charge in [-0.2, -0.15) is 19.0 Å². The van der Waals surface area contributed by atoms with Crippen molar-refractivity contribution in [3.63, 3.8) is 0 Å². The Bertz CT molecular complexity index is 1720. The first-order chi connectivity index (χ1) is 22.6. The average Bonchev–Trinajstić information content (AvgIpc) is 3.38. The number of ether oxygens (including phenoxy) is 1. The van der Waals surface area contributed by atoms with Crippen LogP contribution in [0.4, 0.5) is 28.0 Å². The molecular weight excluding hydrogens is 654 g/mol. The van der Waals surface area contributed by atoms with Gasteiger partial charge in [-0.3, -0.25) is 24.4 Å². The Morgan fingerprint density at radius 3 is 2.46 bits per heavy atom. The molecule has 6 radical (unpaired) electrons. The van der Waals surface area contributed by atoms with Crippen LogP contribution in [0.15, 0.2) is 69.9 Å². The summed E-state index contributed by atoms with van der Waals surface area (Å²) in [5.74, 6) is -4.21. The SMILES string of the molecule is [B]C([B])([B])n1cc(-c2ccc(C(=O)N(C(N)=NC)[C@H](COC(=O)N[C@H]3CC3(F)F)c3ccc(Cl)c(N(/N=C\N=C)C(F)F)c3)cc2)cn1. The highest BCUT2D eigenvalue weighted by Crippen LogP contribution is 2.41. The van der Waals surface area contributed by atoms with Gasteiger partial charge in [0.1, 0.15) is 19.0 Å². The van der Waals surface area contributed by atoms with Gasteiger partial charge in [-0.05, 0) is 47.3 Å². The smallest absolute Gasteiger partial charge is 0.407 e. The zero-order valence-electron chi connectivity index (χ0n) is 25.2. The topological polar surface area (TPSA) is 143 Å². The third-order valence-corrected chi connectivity index (χ3v) is 7.31. The maximum Gasteiger partial charge on any atom is 0.407 e. The highest BCUT2D eigenvalue weighted by atomic mass is 35.5. The first-order valence-electron chi connectivity index (χ1n) is 13.8. The van der Waals surface area contributed by atoms with Crippen LogP contribution in [0.2, 0.25) is 5.02 Å². The van der Waals surface area contributed by atoms with E-state index in [0.29, 0.717) is 11.1 Å². The van der Waals surface area contributed by atoms with Gasteiger partial charge in [0, 0.05) is 30.8 Å². The van der Waals surface area contributed by atoms with Gasteiger partial charge in [0.2, 0.25) is 0 Å². The lowest BCUT2D eigenvalue weighted by atomic mass is 9.49. The molecule has 1 saturated carbocycles. The van der Waals surface area contributed by atoms with Gasteiger partial charge in [-0.25, -0.2) is 18.6 Å². The fourth-order valence-corrected chi connectivity index (χ4v) is 4.60. The lowest BCUT2D eigenvalue weighted by molar-refractivity contribution is 0.0687. The van der Waals surface area contributed by atoms with Crippen molar-refractivity contribution in [2.24, 2.45) is 20.8 Å². The van der Waals surface area contributed by atoms with E-state index in [-0.39, 0.29) is 32.8 Å². The number of carbonyl (C=O) groups excluding carboxylic acids is 2. The fraction of sp³-hybridized carbons (Fsp3) is 0.286. The van der Waals surface area contributed by atoms with Gasteiger partial charge in [0.25, 0.3) is 11.8 Å². The van der Waals surface area contributed by atoms with Crippen LogP contribution in [-0.2, 0) is 9.97 Å². The maximum absolute atomic E-state index is 14.0. The molecule has 4 rings (SSSR count). The van der Waals surface area contributed by atoms with Crippen LogP contribution in [0.25, 0.3) is 11.1 Å². The molecule has 0 spiro atoms. The number of nitrogens with zero attached hydrogens (tertiary/aromatic N) is 7. The number of aromatic nitrogens is 2. The molecule has 3 aromatic rings. The number of alkyl carbamates (subject to hydrolysis) is 1. The van der Waals surface area contributed by atoms with Crippen LogP contribution in [0.3, 0.4) is 0 Å². The average molecular weight is 679 g/mol. The molecule has 2 amide bonds. The van der Waals surface area contributed by atoms with E-state index in [2.05, 4.69) is 26.9 Å². The monoisotopic (exact) mass is 679 g/mol. The number of guanidine groups is 1. The molecular formula is C28H25B3ClF4N9O3. The maximum atomic E-state index is 14.0. The second kappa shape index (κ2) is 14.5.